The molecular weight excluding hydrogens is 388 g/mol. The number of aryl methyl sites for hydroxylation is 1. The zero-order valence-corrected chi connectivity index (χ0v) is 18.3. The Morgan fingerprint density at radius 1 is 1.16 bits per heavy atom. The van der Waals surface area contributed by atoms with E-state index in [4.69, 9.17) is 15.6 Å². The summed E-state index contributed by atoms with van der Waals surface area (Å²) in [5.41, 5.74) is 11.4. The highest BCUT2D eigenvalue weighted by molar-refractivity contribution is 5.57. The van der Waals surface area contributed by atoms with Gasteiger partial charge in [-0.3, -0.25) is 0 Å². The molecule has 0 radical (unpaired) electrons. The van der Waals surface area contributed by atoms with Gasteiger partial charge in [0.25, 0.3) is 0 Å². The van der Waals surface area contributed by atoms with Crippen LogP contribution >= 0.6 is 0 Å². The van der Waals surface area contributed by atoms with Crippen LogP contribution in [0.25, 0.3) is 5.69 Å². The number of aliphatic hydroxyl groups excluding tert-OH is 1. The number of benzene rings is 2. The SMILES string of the molecule is CCO.Cc1nn(-c2ccccc2)c2c1C(c1ccc(C(C)C)cc1)C(C#N)=C(N)O2. The van der Waals surface area contributed by atoms with Crippen LogP contribution in [0.4, 0.5) is 0 Å². The molecule has 160 valence electrons. The van der Waals surface area contributed by atoms with Gasteiger partial charge in [-0.2, -0.15) is 10.4 Å². The molecule has 1 atom stereocenters. The average molecular weight is 417 g/mol. The molecule has 31 heavy (non-hydrogen) atoms. The summed E-state index contributed by atoms with van der Waals surface area (Å²) in [4.78, 5) is 0. The number of rotatable bonds is 3. The van der Waals surface area contributed by atoms with Crippen LogP contribution in [0, 0.1) is 18.3 Å². The van der Waals surface area contributed by atoms with Gasteiger partial charge in [-0.15, -0.1) is 0 Å². The minimum absolute atomic E-state index is 0.130. The van der Waals surface area contributed by atoms with Crippen molar-refractivity contribution in [2.24, 2.45) is 5.73 Å². The number of allylic oxidation sites excluding steroid dienone is 1. The lowest BCUT2D eigenvalue weighted by Crippen LogP contribution is -2.22. The first-order valence-corrected chi connectivity index (χ1v) is 10.4. The lowest BCUT2D eigenvalue weighted by atomic mass is 9.83. The predicted octanol–water partition coefficient (Wildman–Crippen LogP) is 4.52. The minimum atomic E-state index is -0.299. The Morgan fingerprint density at radius 2 is 1.77 bits per heavy atom. The van der Waals surface area contributed by atoms with Gasteiger partial charge in [0.05, 0.1) is 22.9 Å². The molecule has 0 fully saturated rings. The smallest absolute Gasteiger partial charge is 0.229 e. The van der Waals surface area contributed by atoms with Crippen molar-refractivity contribution in [3.05, 3.63) is 88.4 Å². The third-order valence-corrected chi connectivity index (χ3v) is 5.17. The van der Waals surface area contributed by atoms with E-state index in [0.29, 0.717) is 17.4 Å². The summed E-state index contributed by atoms with van der Waals surface area (Å²) in [5.74, 6) is 0.841. The largest absolute Gasteiger partial charge is 0.422 e. The van der Waals surface area contributed by atoms with Gasteiger partial charge in [-0.1, -0.05) is 56.3 Å². The maximum atomic E-state index is 9.78. The van der Waals surface area contributed by atoms with Gasteiger partial charge in [-0.05, 0) is 43.0 Å². The molecular formula is C25H28N4O2. The van der Waals surface area contributed by atoms with Gasteiger partial charge in [0.15, 0.2) is 0 Å². The van der Waals surface area contributed by atoms with E-state index < -0.39 is 0 Å². The van der Waals surface area contributed by atoms with Crippen LogP contribution in [0.2, 0.25) is 0 Å². The Bertz CT molecular complexity index is 1110. The van der Waals surface area contributed by atoms with Crippen molar-refractivity contribution in [1.29, 1.82) is 5.26 Å². The van der Waals surface area contributed by atoms with Gasteiger partial charge in [-0.25, -0.2) is 4.68 Å². The molecule has 6 nitrogen and oxygen atoms in total. The zero-order valence-electron chi connectivity index (χ0n) is 18.3. The average Bonchev–Trinajstić information content (AvgIpc) is 3.10. The first-order valence-electron chi connectivity index (χ1n) is 10.4. The van der Waals surface area contributed by atoms with E-state index in [2.05, 4.69) is 49.3 Å². The van der Waals surface area contributed by atoms with Gasteiger partial charge in [0.2, 0.25) is 11.8 Å². The van der Waals surface area contributed by atoms with Crippen molar-refractivity contribution < 1.29 is 9.84 Å². The van der Waals surface area contributed by atoms with E-state index in [0.717, 1.165) is 22.5 Å². The second-order valence-corrected chi connectivity index (χ2v) is 7.61. The summed E-state index contributed by atoms with van der Waals surface area (Å²) < 4.78 is 7.64. The van der Waals surface area contributed by atoms with E-state index >= 15 is 0 Å². The van der Waals surface area contributed by atoms with Crippen LogP contribution < -0.4 is 10.5 Å². The number of para-hydroxylation sites is 1. The lowest BCUT2D eigenvalue weighted by molar-refractivity contribution is 0.318. The summed E-state index contributed by atoms with van der Waals surface area (Å²) in [6.45, 7) is 8.19. The maximum absolute atomic E-state index is 9.78. The fraction of sp³-hybridized carbons (Fsp3) is 0.280. The molecule has 0 saturated carbocycles. The quantitative estimate of drug-likeness (QED) is 0.654. The molecule has 0 spiro atoms. The number of fused-ring (bicyclic) bond motifs is 1. The van der Waals surface area contributed by atoms with Crippen LogP contribution in [0.3, 0.4) is 0 Å². The van der Waals surface area contributed by atoms with E-state index in [9.17, 15) is 5.26 Å². The van der Waals surface area contributed by atoms with Crippen LogP contribution in [0.1, 0.15) is 55.0 Å². The molecule has 0 bridgehead atoms. The van der Waals surface area contributed by atoms with Gasteiger partial charge >= 0.3 is 0 Å². The number of nitriles is 1. The molecule has 1 aromatic heterocycles. The topological polar surface area (TPSA) is 97.1 Å². The van der Waals surface area contributed by atoms with Crippen LogP contribution in [-0.2, 0) is 0 Å². The molecule has 3 aromatic rings. The molecule has 1 unspecified atom stereocenters. The zero-order chi connectivity index (χ0) is 22.5. The number of ether oxygens (including phenoxy) is 1. The Hall–Kier alpha value is -3.56. The first-order chi connectivity index (χ1) is 14.9. The molecule has 4 rings (SSSR count). The van der Waals surface area contributed by atoms with E-state index in [1.165, 1.54) is 5.56 Å². The number of aliphatic hydroxyl groups is 1. The summed E-state index contributed by atoms with van der Waals surface area (Å²) in [7, 11) is 0. The van der Waals surface area contributed by atoms with Gasteiger partial charge in [0, 0.05) is 6.61 Å². The van der Waals surface area contributed by atoms with E-state index in [-0.39, 0.29) is 18.4 Å². The highest BCUT2D eigenvalue weighted by Gasteiger charge is 2.36. The molecule has 0 saturated heterocycles. The second-order valence-electron chi connectivity index (χ2n) is 7.61. The maximum Gasteiger partial charge on any atom is 0.229 e. The number of nitrogens with zero attached hydrogens (tertiary/aromatic N) is 3. The van der Waals surface area contributed by atoms with Crippen molar-refractivity contribution in [1.82, 2.24) is 9.78 Å². The molecule has 2 aromatic carbocycles. The Morgan fingerprint density at radius 3 is 2.32 bits per heavy atom. The molecule has 1 aliphatic heterocycles. The minimum Gasteiger partial charge on any atom is -0.422 e. The predicted molar refractivity (Wildman–Crippen MR) is 121 cm³/mol. The monoisotopic (exact) mass is 416 g/mol. The number of hydrogen-bond donors (Lipinski definition) is 2. The second kappa shape index (κ2) is 9.50. The highest BCUT2D eigenvalue weighted by atomic mass is 16.5. The summed E-state index contributed by atoms with van der Waals surface area (Å²) in [5, 5.41) is 22.0. The fourth-order valence-corrected chi connectivity index (χ4v) is 3.66. The van der Waals surface area contributed by atoms with Crippen molar-refractivity contribution in [2.75, 3.05) is 6.61 Å². The van der Waals surface area contributed by atoms with Crippen molar-refractivity contribution in [3.63, 3.8) is 0 Å². The molecule has 0 amide bonds. The van der Waals surface area contributed by atoms with Crippen molar-refractivity contribution in [3.8, 4) is 17.6 Å². The third kappa shape index (κ3) is 4.32. The van der Waals surface area contributed by atoms with Crippen molar-refractivity contribution in [2.45, 2.75) is 39.5 Å². The van der Waals surface area contributed by atoms with Crippen LogP contribution in [0.15, 0.2) is 66.1 Å². The lowest BCUT2D eigenvalue weighted by Gasteiger charge is -2.25. The number of nitrogens with two attached hydrogens (primary N) is 1. The van der Waals surface area contributed by atoms with Gasteiger partial charge in [0.1, 0.15) is 11.6 Å². The number of aromatic nitrogens is 2. The summed E-state index contributed by atoms with van der Waals surface area (Å²) in [6, 6.07) is 20.4. The molecule has 6 heteroatoms. The molecule has 0 aliphatic carbocycles. The molecule has 1 aliphatic rings. The number of hydrogen-bond acceptors (Lipinski definition) is 5. The molecule has 2 heterocycles. The highest BCUT2D eigenvalue weighted by Crippen LogP contribution is 2.44. The van der Waals surface area contributed by atoms with E-state index in [1.54, 1.807) is 11.6 Å². The summed E-state index contributed by atoms with van der Waals surface area (Å²) >= 11 is 0. The molecule has 3 N–H and O–H groups in total. The van der Waals surface area contributed by atoms with Crippen LogP contribution in [0.5, 0.6) is 5.88 Å². The van der Waals surface area contributed by atoms with E-state index in [1.807, 2.05) is 37.3 Å². The summed E-state index contributed by atoms with van der Waals surface area (Å²) in [6.07, 6.45) is 0. The normalized spacial score (nSPS) is 14.9. The van der Waals surface area contributed by atoms with Crippen LogP contribution in [-0.4, -0.2) is 21.5 Å². The third-order valence-electron chi connectivity index (χ3n) is 5.17. The van der Waals surface area contributed by atoms with Gasteiger partial charge < -0.3 is 15.6 Å². The van der Waals surface area contributed by atoms with Crippen molar-refractivity contribution >= 4 is 0 Å². The Labute approximate surface area is 183 Å². The Balaban J connectivity index is 0.000000858. The standard InChI is InChI=1S/C23H22N4O.C2H6O/c1-14(2)16-9-11-17(12-10-16)21-19(13-24)22(25)28-23-20(21)15(3)26-27(23)18-7-5-4-6-8-18;1-2-3/h4-12,14,21H,25H2,1-3H3;3H,2H2,1H3. The Kier molecular flexibility index (Phi) is 6.78. The fourth-order valence-electron chi connectivity index (χ4n) is 3.66. The first kappa shape index (κ1) is 22.1.